The Morgan fingerprint density at radius 1 is 0.677 bits per heavy atom. The molecule has 1 aliphatic rings. The van der Waals surface area contributed by atoms with Gasteiger partial charge in [-0.1, -0.05) is 103 Å². The number of hydrogen-bond acceptors (Lipinski definition) is 6. The number of carboxylic acid groups (broad SMARTS) is 2. The third-order valence-electron chi connectivity index (χ3n) is 11.8. The van der Waals surface area contributed by atoms with Gasteiger partial charge >= 0.3 is 23.6 Å². The topological polar surface area (TPSA) is 175 Å². The molecule has 14 nitrogen and oxygen atoms in total. The lowest BCUT2D eigenvalue weighted by Gasteiger charge is -2.38. The Balaban J connectivity index is 0.000000239. The second kappa shape index (κ2) is 20.0. The van der Waals surface area contributed by atoms with E-state index in [1.807, 2.05) is 60.7 Å². The van der Waals surface area contributed by atoms with Gasteiger partial charge < -0.3 is 20.1 Å². The van der Waals surface area contributed by atoms with E-state index in [1.165, 1.54) is 20.6 Å². The van der Waals surface area contributed by atoms with Crippen LogP contribution >= 0.6 is 0 Å². The van der Waals surface area contributed by atoms with Crippen molar-refractivity contribution in [3.8, 4) is 5.69 Å². The first-order valence-corrected chi connectivity index (χ1v) is 21.6. The number of carbonyl (C=O) groups is 3. The fourth-order valence-electron chi connectivity index (χ4n) is 8.80. The van der Waals surface area contributed by atoms with Crippen molar-refractivity contribution in [3.05, 3.63) is 201 Å². The van der Waals surface area contributed by atoms with Crippen LogP contribution in [0.3, 0.4) is 0 Å². The van der Waals surface area contributed by atoms with E-state index >= 15 is 0 Å². The maximum atomic E-state index is 13.9. The molecule has 2 atom stereocenters. The maximum Gasteiger partial charge on any atom is 0.409 e. The Kier molecular flexibility index (Phi) is 13.5. The van der Waals surface area contributed by atoms with Crippen LogP contribution in [-0.4, -0.2) is 75.9 Å². The van der Waals surface area contributed by atoms with Gasteiger partial charge in [0.05, 0.1) is 27.8 Å². The van der Waals surface area contributed by atoms with Gasteiger partial charge in [-0.3, -0.25) is 24.1 Å². The van der Waals surface area contributed by atoms with Crippen LogP contribution in [0.25, 0.3) is 27.8 Å². The number of nitrogens with zero attached hydrogens (tertiary/aromatic N) is 5. The highest BCUT2D eigenvalue weighted by atomic mass is 16.4. The van der Waals surface area contributed by atoms with Crippen LogP contribution in [0.1, 0.15) is 53.2 Å². The zero-order valence-corrected chi connectivity index (χ0v) is 35.6. The number of H-pyrrole nitrogens is 1. The number of piperidine rings is 1. The number of hydrogen-bond donors (Lipinski definition) is 4. The van der Waals surface area contributed by atoms with Gasteiger partial charge in [0, 0.05) is 43.0 Å². The van der Waals surface area contributed by atoms with Gasteiger partial charge in [0.1, 0.15) is 0 Å². The van der Waals surface area contributed by atoms with E-state index in [4.69, 9.17) is 5.11 Å². The summed E-state index contributed by atoms with van der Waals surface area (Å²) in [5, 5.41) is 21.0. The molecular weight excluding hydrogens is 823 g/mol. The summed E-state index contributed by atoms with van der Waals surface area (Å²) in [6.07, 6.45) is 0.449. The lowest BCUT2D eigenvalue weighted by Crippen LogP contribution is -2.47. The van der Waals surface area contributed by atoms with E-state index in [1.54, 1.807) is 63.7 Å². The molecule has 4 N–H and O–H groups in total. The van der Waals surface area contributed by atoms with Crippen LogP contribution in [0, 0.1) is 0 Å². The highest BCUT2D eigenvalue weighted by molar-refractivity contribution is 6.01. The molecule has 1 aliphatic heterocycles. The van der Waals surface area contributed by atoms with Crippen molar-refractivity contribution in [2.75, 3.05) is 18.4 Å². The molecule has 1 unspecified atom stereocenters. The molecule has 65 heavy (non-hydrogen) atoms. The van der Waals surface area contributed by atoms with Crippen molar-refractivity contribution in [1.82, 2.24) is 28.5 Å². The number of para-hydroxylation sites is 4. The van der Waals surface area contributed by atoms with E-state index in [0.717, 1.165) is 37.1 Å². The monoisotopic (exact) mass is 871 g/mol. The minimum atomic E-state index is -1.12. The number of fused-ring (bicyclic) bond motifs is 2. The first-order chi connectivity index (χ1) is 31.6. The lowest BCUT2D eigenvalue weighted by atomic mass is 9.93. The standard InChI is InChI=1S/C37H38N4O4.C14H11N3O3/c42-35(30-17-8-3-9-18-30)41-34-21-11-10-20-33(34)40(36(41)43)32-22-24-39(37(44)45)31(25-32)19-12-23-38(26-28-13-4-1-5-14-28)27-29-15-6-2-7-16-29;18-13-16-11-3-1-2-4-12(11)17(13)10-7-5-9(6-8-10)15-14(19)20/h1-11,13-18,20-21,31-32H,12,19,22-27H2,(H,44,45);1-8,15H,(H,16,18)(H,19,20)/t31-,32?;/m0./s1. The second-order valence-corrected chi connectivity index (χ2v) is 16.0. The molecule has 14 heteroatoms. The molecule has 0 radical (unpaired) electrons. The van der Waals surface area contributed by atoms with Gasteiger partial charge in [0.15, 0.2) is 0 Å². The number of nitrogens with one attached hydrogen (secondary N) is 2. The van der Waals surface area contributed by atoms with Crippen molar-refractivity contribution in [1.29, 1.82) is 0 Å². The predicted molar refractivity (Wildman–Crippen MR) is 251 cm³/mol. The van der Waals surface area contributed by atoms with Crippen molar-refractivity contribution in [2.45, 2.75) is 50.9 Å². The van der Waals surface area contributed by atoms with Crippen LogP contribution in [0.4, 0.5) is 15.3 Å². The predicted octanol–water partition coefficient (Wildman–Crippen LogP) is 9.07. The summed E-state index contributed by atoms with van der Waals surface area (Å²) in [5.74, 6) is -0.369. The smallest absolute Gasteiger partial charge is 0.409 e. The number of imidazole rings is 2. The molecule has 8 aromatic rings. The van der Waals surface area contributed by atoms with Crippen LogP contribution in [0.2, 0.25) is 0 Å². The van der Waals surface area contributed by atoms with Crippen LogP contribution in [0.15, 0.2) is 173 Å². The zero-order valence-electron chi connectivity index (χ0n) is 35.6. The molecule has 6 aromatic carbocycles. The summed E-state index contributed by atoms with van der Waals surface area (Å²) >= 11 is 0. The summed E-state index contributed by atoms with van der Waals surface area (Å²) in [6, 6.07) is 50.5. The van der Waals surface area contributed by atoms with Gasteiger partial charge in [-0.25, -0.2) is 23.7 Å². The van der Waals surface area contributed by atoms with Gasteiger partial charge in [0.25, 0.3) is 5.91 Å². The van der Waals surface area contributed by atoms with Crippen molar-refractivity contribution in [3.63, 3.8) is 0 Å². The average Bonchev–Trinajstić information content (AvgIpc) is 3.82. The molecule has 1 saturated heterocycles. The fourth-order valence-corrected chi connectivity index (χ4v) is 8.80. The Morgan fingerprint density at radius 3 is 1.86 bits per heavy atom. The van der Waals surface area contributed by atoms with Crippen molar-refractivity contribution < 1.29 is 24.6 Å². The number of anilines is 1. The average molecular weight is 872 g/mol. The number of carbonyl (C=O) groups excluding carboxylic acids is 1. The van der Waals surface area contributed by atoms with E-state index in [-0.39, 0.29) is 29.4 Å². The van der Waals surface area contributed by atoms with E-state index < -0.39 is 12.2 Å². The number of rotatable bonds is 12. The third kappa shape index (κ3) is 10.1. The number of aromatic amines is 1. The highest BCUT2D eigenvalue weighted by Gasteiger charge is 2.34. The van der Waals surface area contributed by atoms with Crippen LogP contribution < -0.4 is 16.7 Å². The summed E-state index contributed by atoms with van der Waals surface area (Å²) in [7, 11) is 0. The molecular formula is C51H49N7O7. The summed E-state index contributed by atoms with van der Waals surface area (Å²) < 4.78 is 4.52. The van der Waals surface area contributed by atoms with Gasteiger partial charge in [0.2, 0.25) is 0 Å². The van der Waals surface area contributed by atoms with Crippen molar-refractivity contribution in [2.24, 2.45) is 0 Å². The first kappa shape index (κ1) is 43.7. The highest BCUT2D eigenvalue weighted by Crippen LogP contribution is 2.32. The molecule has 0 saturated carbocycles. The second-order valence-electron chi connectivity index (χ2n) is 16.0. The molecule has 330 valence electrons. The largest absolute Gasteiger partial charge is 0.465 e. The Bertz CT molecular complexity index is 2970. The number of amides is 2. The number of benzene rings is 6. The lowest BCUT2D eigenvalue weighted by molar-refractivity contribution is 0.0850. The van der Waals surface area contributed by atoms with E-state index in [2.05, 4.69) is 63.7 Å². The summed E-state index contributed by atoms with van der Waals surface area (Å²) in [4.78, 5) is 69.0. The van der Waals surface area contributed by atoms with Gasteiger partial charge in [-0.2, -0.15) is 0 Å². The van der Waals surface area contributed by atoms with Crippen LogP contribution in [-0.2, 0) is 13.1 Å². The van der Waals surface area contributed by atoms with E-state index in [9.17, 15) is 29.1 Å². The van der Waals surface area contributed by atoms with Crippen molar-refractivity contribution >= 4 is 45.8 Å². The minimum Gasteiger partial charge on any atom is -0.465 e. The molecule has 2 amide bonds. The maximum absolute atomic E-state index is 13.9. The molecule has 2 aromatic heterocycles. The molecule has 1 fully saturated rings. The minimum absolute atomic E-state index is 0.224. The van der Waals surface area contributed by atoms with Gasteiger partial charge in [-0.05, 0) is 104 Å². The molecule has 9 rings (SSSR count). The zero-order chi connectivity index (χ0) is 45.3. The quantitative estimate of drug-likeness (QED) is 0.0941. The van der Waals surface area contributed by atoms with Crippen LogP contribution in [0.5, 0.6) is 0 Å². The molecule has 0 aliphatic carbocycles. The molecule has 3 heterocycles. The fraction of sp³-hybridized carbons (Fsp3) is 0.196. The summed E-state index contributed by atoms with van der Waals surface area (Å²) in [6.45, 7) is 2.75. The Hall–Kier alpha value is -7.97. The third-order valence-corrected chi connectivity index (χ3v) is 11.8. The Labute approximate surface area is 374 Å². The van der Waals surface area contributed by atoms with Gasteiger partial charge in [-0.15, -0.1) is 0 Å². The molecule has 0 spiro atoms. The normalized spacial score (nSPS) is 14.8. The first-order valence-electron chi connectivity index (χ1n) is 21.6. The Morgan fingerprint density at radius 2 is 1.25 bits per heavy atom. The molecule has 0 bridgehead atoms. The van der Waals surface area contributed by atoms with E-state index in [0.29, 0.717) is 53.8 Å². The number of aromatic nitrogens is 4. The SMILES string of the molecule is O=C(O)N1CCC(n2c(=O)n(C(=O)c3ccccc3)c3ccccc32)C[C@@H]1CCCN(Cc1ccccc1)Cc1ccccc1.O=C(O)Nc1ccc(-n2c(=O)[nH]c3ccccc32)cc1. The summed E-state index contributed by atoms with van der Waals surface area (Å²) in [5.41, 5.74) is 6.20. The number of likely N-dealkylation sites (tertiary alicyclic amines) is 1.